The van der Waals surface area contributed by atoms with Crippen LogP contribution in [0.3, 0.4) is 0 Å². The van der Waals surface area contributed by atoms with Crippen LogP contribution in [0.2, 0.25) is 0 Å². The molecule has 20 heavy (non-hydrogen) atoms. The summed E-state index contributed by atoms with van der Waals surface area (Å²) >= 11 is 0. The molecular weight excluding hydrogens is 252 g/mol. The largest absolute Gasteiger partial charge is 0.469 e. The van der Waals surface area contributed by atoms with E-state index >= 15 is 0 Å². The number of carbonyl (C=O) groups excluding carboxylic acids is 1. The number of nitrogens with zero attached hydrogens (tertiary/aromatic N) is 1. The van der Waals surface area contributed by atoms with Crippen LogP contribution in [0.5, 0.6) is 0 Å². The first-order chi connectivity index (χ1) is 9.67. The van der Waals surface area contributed by atoms with Crippen molar-refractivity contribution >= 4 is 11.7 Å². The number of rotatable bonds is 5. The Balaban J connectivity index is 1.97. The van der Waals surface area contributed by atoms with E-state index in [1.165, 1.54) is 7.11 Å². The second-order valence-corrected chi connectivity index (χ2v) is 4.63. The van der Waals surface area contributed by atoms with Gasteiger partial charge in [-0.25, -0.2) is 0 Å². The van der Waals surface area contributed by atoms with Crippen LogP contribution in [-0.2, 0) is 22.5 Å². The van der Waals surface area contributed by atoms with Crippen LogP contribution < -0.4 is 5.32 Å². The minimum Gasteiger partial charge on any atom is -0.469 e. The Labute approximate surface area is 118 Å². The second-order valence-electron chi connectivity index (χ2n) is 4.63. The summed E-state index contributed by atoms with van der Waals surface area (Å²) in [5, 5.41) is 3.30. The Morgan fingerprint density at radius 1 is 1.30 bits per heavy atom. The molecule has 0 atom stereocenters. The van der Waals surface area contributed by atoms with Gasteiger partial charge in [-0.05, 0) is 36.2 Å². The summed E-state index contributed by atoms with van der Waals surface area (Å²) in [5.41, 5.74) is 4.02. The van der Waals surface area contributed by atoms with Crippen molar-refractivity contribution in [3.05, 3.63) is 59.4 Å². The molecule has 1 N–H and O–H groups in total. The quantitative estimate of drug-likeness (QED) is 0.849. The number of nitrogens with one attached hydrogen (secondary N) is 1. The van der Waals surface area contributed by atoms with Gasteiger partial charge in [-0.15, -0.1) is 0 Å². The molecule has 0 unspecified atom stereocenters. The molecule has 0 spiro atoms. The Bertz CT molecular complexity index is 579. The third kappa shape index (κ3) is 4.09. The molecule has 4 nitrogen and oxygen atoms in total. The van der Waals surface area contributed by atoms with Gasteiger partial charge in [0, 0.05) is 11.9 Å². The lowest BCUT2D eigenvalue weighted by molar-refractivity contribution is -0.139. The van der Waals surface area contributed by atoms with Crippen molar-refractivity contribution in [1.29, 1.82) is 0 Å². The van der Waals surface area contributed by atoms with E-state index < -0.39 is 0 Å². The number of anilines is 1. The Hall–Kier alpha value is -2.36. The minimum atomic E-state index is -0.234. The predicted octanol–water partition coefficient (Wildman–Crippen LogP) is 2.72. The number of esters is 1. The van der Waals surface area contributed by atoms with E-state index in [0.717, 1.165) is 22.5 Å². The molecule has 2 aromatic rings. The third-order valence-corrected chi connectivity index (χ3v) is 2.95. The minimum absolute atomic E-state index is 0.234. The Kier molecular flexibility index (Phi) is 4.71. The lowest BCUT2D eigenvalue weighted by Crippen LogP contribution is -2.05. The third-order valence-electron chi connectivity index (χ3n) is 2.95. The lowest BCUT2D eigenvalue weighted by Gasteiger charge is -2.08. The van der Waals surface area contributed by atoms with E-state index in [1.54, 1.807) is 0 Å². The van der Waals surface area contributed by atoms with Crippen molar-refractivity contribution in [2.45, 2.75) is 19.9 Å². The zero-order valence-electron chi connectivity index (χ0n) is 11.7. The molecule has 0 saturated carbocycles. The number of carbonyl (C=O) groups is 1. The molecule has 0 aliphatic carbocycles. The summed E-state index contributed by atoms with van der Waals surface area (Å²) in [6.45, 7) is 2.67. The molecule has 0 amide bonds. The van der Waals surface area contributed by atoms with E-state index in [-0.39, 0.29) is 12.4 Å². The molecule has 0 aliphatic rings. The fourth-order valence-corrected chi connectivity index (χ4v) is 1.83. The molecule has 0 saturated heterocycles. The van der Waals surface area contributed by atoms with Gasteiger partial charge >= 0.3 is 5.97 Å². The van der Waals surface area contributed by atoms with Crippen molar-refractivity contribution in [2.75, 3.05) is 12.4 Å². The molecule has 1 heterocycles. The van der Waals surface area contributed by atoms with Gasteiger partial charge in [-0.3, -0.25) is 9.78 Å². The predicted molar refractivity (Wildman–Crippen MR) is 78.5 cm³/mol. The molecule has 0 bridgehead atoms. The number of methoxy groups -OCH3 is 1. The average molecular weight is 270 g/mol. The molecule has 0 fully saturated rings. The maximum Gasteiger partial charge on any atom is 0.309 e. The normalized spacial score (nSPS) is 10.1. The van der Waals surface area contributed by atoms with Gasteiger partial charge in [0.05, 0.1) is 25.8 Å². The standard InChI is InChI=1S/C16H18N2O2/c1-12-6-7-15(17-10-12)11-18-14-5-3-4-13(8-14)9-16(19)20-2/h3-8,10,18H,9,11H2,1-2H3. The van der Waals surface area contributed by atoms with Crippen molar-refractivity contribution < 1.29 is 9.53 Å². The van der Waals surface area contributed by atoms with Crippen LogP contribution in [0.25, 0.3) is 0 Å². The first-order valence-electron chi connectivity index (χ1n) is 6.48. The smallest absolute Gasteiger partial charge is 0.309 e. The molecule has 1 aromatic carbocycles. The van der Waals surface area contributed by atoms with Crippen molar-refractivity contribution in [3.63, 3.8) is 0 Å². The van der Waals surface area contributed by atoms with Crippen LogP contribution in [0.15, 0.2) is 42.6 Å². The van der Waals surface area contributed by atoms with E-state index in [4.69, 9.17) is 0 Å². The molecule has 0 radical (unpaired) electrons. The summed E-state index contributed by atoms with van der Waals surface area (Å²) in [5.74, 6) is -0.234. The van der Waals surface area contributed by atoms with Gasteiger partial charge in [0.2, 0.25) is 0 Å². The first kappa shape index (κ1) is 14.1. The Morgan fingerprint density at radius 3 is 2.85 bits per heavy atom. The monoisotopic (exact) mass is 270 g/mol. The lowest BCUT2D eigenvalue weighted by atomic mass is 10.1. The highest BCUT2D eigenvalue weighted by Crippen LogP contribution is 2.12. The number of benzene rings is 1. The van der Waals surface area contributed by atoms with Crippen LogP contribution >= 0.6 is 0 Å². The fourth-order valence-electron chi connectivity index (χ4n) is 1.83. The van der Waals surface area contributed by atoms with Crippen molar-refractivity contribution in [1.82, 2.24) is 4.98 Å². The first-order valence-corrected chi connectivity index (χ1v) is 6.48. The van der Waals surface area contributed by atoms with Gasteiger partial charge in [0.1, 0.15) is 0 Å². The molecule has 104 valence electrons. The van der Waals surface area contributed by atoms with Crippen molar-refractivity contribution in [2.24, 2.45) is 0 Å². The average Bonchev–Trinajstić information content (AvgIpc) is 2.47. The number of ether oxygens (including phenoxy) is 1. The van der Waals surface area contributed by atoms with Crippen LogP contribution in [-0.4, -0.2) is 18.1 Å². The SMILES string of the molecule is COC(=O)Cc1cccc(NCc2ccc(C)cn2)c1. The second kappa shape index (κ2) is 6.70. The maximum absolute atomic E-state index is 11.3. The number of aromatic nitrogens is 1. The summed E-state index contributed by atoms with van der Waals surface area (Å²) in [4.78, 5) is 15.6. The van der Waals surface area contributed by atoms with E-state index in [1.807, 2.05) is 49.5 Å². The molecule has 1 aromatic heterocycles. The van der Waals surface area contributed by atoms with Gasteiger partial charge in [0.15, 0.2) is 0 Å². The van der Waals surface area contributed by atoms with E-state index in [2.05, 4.69) is 15.0 Å². The van der Waals surface area contributed by atoms with Crippen LogP contribution in [0, 0.1) is 6.92 Å². The highest BCUT2D eigenvalue weighted by Gasteiger charge is 2.03. The molecule has 4 heteroatoms. The Morgan fingerprint density at radius 2 is 2.15 bits per heavy atom. The zero-order chi connectivity index (χ0) is 14.4. The van der Waals surface area contributed by atoms with Crippen molar-refractivity contribution in [3.8, 4) is 0 Å². The summed E-state index contributed by atoms with van der Waals surface area (Å²) < 4.78 is 4.67. The maximum atomic E-state index is 11.3. The number of aryl methyl sites for hydroxylation is 1. The molecule has 0 aliphatic heterocycles. The van der Waals surface area contributed by atoms with Gasteiger partial charge in [-0.1, -0.05) is 18.2 Å². The number of hydrogen-bond donors (Lipinski definition) is 1. The number of hydrogen-bond acceptors (Lipinski definition) is 4. The zero-order valence-corrected chi connectivity index (χ0v) is 11.7. The highest BCUT2D eigenvalue weighted by molar-refractivity contribution is 5.72. The van der Waals surface area contributed by atoms with E-state index in [9.17, 15) is 4.79 Å². The van der Waals surface area contributed by atoms with E-state index in [0.29, 0.717) is 6.54 Å². The van der Waals surface area contributed by atoms with Gasteiger partial charge in [-0.2, -0.15) is 0 Å². The molecule has 2 rings (SSSR count). The highest BCUT2D eigenvalue weighted by atomic mass is 16.5. The van der Waals surface area contributed by atoms with Gasteiger partial charge in [0.25, 0.3) is 0 Å². The van der Waals surface area contributed by atoms with Gasteiger partial charge < -0.3 is 10.1 Å². The molecular formula is C16H18N2O2. The summed E-state index contributed by atoms with van der Waals surface area (Å²) in [7, 11) is 1.40. The fraction of sp³-hybridized carbons (Fsp3) is 0.250. The summed E-state index contributed by atoms with van der Waals surface area (Å²) in [6, 6.07) is 11.8. The number of pyridine rings is 1. The topological polar surface area (TPSA) is 51.2 Å². The van der Waals surface area contributed by atoms with Crippen LogP contribution in [0.4, 0.5) is 5.69 Å². The van der Waals surface area contributed by atoms with Crippen LogP contribution in [0.1, 0.15) is 16.8 Å². The summed E-state index contributed by atoms with van der Waals surface area (Å²) in [6.07, 6.45) is 2.14.